The van der Waals surface area contributed by atoms with Crippen molar-refractivity contribution in [1.82, 2.24) is 20.4 Å². The van der Waals surface area contributed by atoms with Crippen LogP contribution in [0.15, 0.2) is 4.52 Å². The molecule has 0 spiro atoms. The van der Waals surface area contributed by atoms with Crippen molar-refractivity contribution < 1.29 is 4.52 Å². The van der Waals surface area contributed by atoms with Crippen molar-refractivity contribution in [3.8, 4) is 0 Å². The summed E-state index contributed by atoms with van der Waals surface area (Å²) < 4.78 is 5.17. The number of aromatic nitrogens is 2. The molecule has 1 unspecified atom stereocenters. The second-order valence-corrected chi connectivity index (χ2v) is 4.05. The van der Waals surface area contributed by atoms with Crippen molar-refractivity contribution in [2.45, 2.75) is 32.9 Å². The first-order valence-corrected chi connectivity index (χ1v) is 5.55. The number of hydrogen-bond donors (Lipinski definition) is 1. The average Bonchev–Trinajstić information content (AvgIpc) is 2.65. The van der Waals surface area contributed by atoms with E-state index in [4.69, 9.17) is 4.52 Å². The Hall–Kier alpha value is -0.940. The van der Waals surface area contributed by atoms with Crippen LogP contribution in [0.4, 0.5) is 0 Å². The van der Waals surface area contributed by atoms with Crippen LogP contribution in [0.5, 0.6) is 0 Å². The molecule has 0 radical (unpaired) electrons. The Balaban J connectivity index is 1.90. The second kappa shape index (κ2) is 4.72. The first-order valence-electron chi connectivity index (χ1n) is 5.55. The van der Waals surface area contributed by atoms with Crippen molar-refractivity contribution >= 4 is 0 Å². The van der Waals surface area contributed by atoms with Gasteiger partial charge in [0.1, 0.15) is 0 Å². The summed E-state index contributed by atoms with van der Waals surface area (Å²) in [6, 6.07) is 0.548. The quantitative estimate of drug-likeness (QED) is 0.784. The highest BCUT2D eigenvalue weighted by molar-refractivity contribution is 4.87. The van der Waals surface area contributed by atoms with E-state index in [1.807, 2.05) is 6.92 Å². The number of nitrogens with one attached hydrogen (secondary N) is 1. The molecule has 1 aromatic heterocycles. The number of rotatable bonds is 3. The molecular weight excluding hydrogens is 192 g/mol. The Morgan fingerprint density at radius 3 is 3.13 bits per heavy atom. The van der Waals surface area contributed by atoms with E-state index in [9.17, 15) is 0 Å². The maximum absolute atomic E-state index is 5.17. The SMILES string of the molecule is CCc1noc(CN2CCNC(C)C2)n1. The van der Waals surface area contributed by atoms with Gasteiger partial charge in [-0.3, -0.25) is 4.90 Å². The van der Waals surface area contributed by atoms with Crippen molar-refractivity contribution in [2.75, 3.05) is 19.6 Å². The zero-order valence-corrected chi connectivity index (χ0v) is 9.36. The molecule has 1 N–H and O–H groups in total. The van der Waals surface area contributed by atoms with Gasteiger partial charge < -0.3 is 9.84 Å². The van der Waals surface area contributed by atoms with Gasteiger partial charge in [-0.25, -0.2) is 0 Å². The van der Waals surface area contributed by atoms with Gasteiger partial charge in [-0.15, -0.1) is 0 Å². The molecule has 1 aliphatic rings. The molecule has 15 heavy (non-hydrogen) atoms. The van der Waals surface area contributed by atoms with Gasteiger partial charge in [0.2, 0.25) is 5.89 Å². The summed E-state index contributed by atoms with van der Waals surface area (Å²) in [6.07, 6.45) is 0.835. The third kappa shape index (κ3) is 2.76. The highest BCUT2D eigenvalue weighted by Gasteiger charge is 2.17. The van der Waals surface area contributed by atoms with E-state index in [0.29, 0.717) is 6.04 Å². The molecular formula is C10H18N4O. The molecule has 2 rings (SSSR count). The van der Waals surface area contributed by atoms with Crippen LogP contribution in [0.2, 0.25) is 0 Å². The Morgan fingerprint density at radius 1 is 1.60 bits per heavy atom. The van der Waals surface area contributed by atoms with Crippen molar-refractivity contribution in [3.05, 3.63) is 11.7 Å². The summed E-state index contributed by atoms with van der Waals surface area (Å²) in [5.41, 5.74) is 0. The van der Waals surface area contributed by atoms with Crippen LogP contribution in [0.3, 0.4) is 0 Å². The molecule has 2 heterocycles. The number of aryl methyl sites for hydroxylation is 1. The van der Waals surface area contributed by atoms with Crippen molar-refractivity contribution in [1.29, 1.82) is 0 Å². The van der Waals surface area contributed by atoms with Crippen molar-refractivity contribution in [2.24, 2.45) is 0 Å². The Kier molecular flexibility index (Phi) is 3.33. The molecule has 1 saturated heterocycles. The minimum Gasteiger partial charge on any atom is -0.338 e. The lowest BCUT2D eigenvalue weighted by Crippen LogP contribution is -2.48. The molecule has 0 aliphatic carbocycles. The highest BCUT2D eigenvalue weighted by atomic mass is 16.5. The normalized spacial score (nSPS) is 23.2. The zero-order valence-electron chi connectivity index (χ0n) is 9.36. The number of hydrogen-bond acceptors (Lipinski definition) is 5. The van der Waals surface area contributed by atoms with E-state index < -0.39 is 0 Å². The van der Waals surface area contributed by atoms with Crippen LogP contribution in [0.25, 0.3) is 0 Å². The number of nitrogens with zero attached hydrogens (tertiary/aromatic N) is 3. The third-order valence-corrected chi connectivity index (χ3v) is 2.64. The number of piperazine rings is 1. The summed E-state index contributed by atoms with van der Waals surface area (Å²) in [7, 11) is 0. The lowest BCUT2D eigenvalue weighted by atomic mass is 10.2. The molecule has 1 fully saturated rings. The van der Waals surface area contributed by atoms with E-state index in [-0.39, 0.29) is 0 Å². The lowest BCUT2D eigenvalue weighted by molar-refractivity contribution is 0.177. The minimum absolute atomic E-state index is 0.548. The molecule has 5 nitrogen and oxygen atoms in total. The summed E-state index contributed by atoms with van der Waals surface area (Å²) in [6.45, 7) is 8.13. The fraction of sp³-hybridized carbons (Fsp3) is 0.800. The fourth-order valence-electron chi connectivity index (χ4n) is 1.85. The molecule has 84 valence electrons. The highest BCUT2D eigenvalue weighted by Crippen LogP contribution is 2.06. The van der Waals surface area contributed by atoms with Crippen LogP contribution in [0, 0.1) is 0 Å². The smallest absolute Gasteiger partial charge is 0.240 e. The summed E-state index contributed by atoms with van der Waals surface area (Å²) in [5, 5.41) is 7.30. The molecule has 0 aromatic carbocycles. The molecule has 1 atom stereocenters. The van der Waals surface area contributed by atoms with Crippen LogP contribution < -0.4 is 5.32 Å². The first kappa shape index (κ1) is 10.6. The third-order valence-electron chi connectivity index (χ3n) is 2.64. The minimum atomic E-state index is 0.548. The Labute approximate surface area is 89.8 Å². The zero-order chi connectivity index (χ0) is 10.7. The van der Waals surface area contributed by atoms with E-state index in [0.717, 1.165) is 44.3 Å². The molecule has 1 aromatic rings. The maximum Gasteiger partial charge on any atom is 0.240 e. The van der Waals surface area contributed by atoms with Crippen LogP contribution in [-0.4, -0.2) is 40.7 Å². The molecule has 1 aliphatic heterocycles. The van der Waals surface area contributed by atoms with E-state index in [2.05, 4.69) is 27.3 Å². The van der Waals surface area contributed by atoms with Crippen molar-refractivity contribution in [3.63, 3.8) is 0 Å². The van der Waals surface area contributed by atoms with Gasteiger partial charge in [-0.1, -0.05) is 12.1 Å². The van der Waals surface area contributed by atoms with Gasteiger partial charge in [-0.05, 0) is 6.92 Å². The summed E-state index contributed by atoms with van der Waals surface area (Å²) in [5.74, 6) is 1.54. The Bertz CT molecular complexity index is 312. The van der Waals surface area contributed by atoms with Gasteiger partial charge in [0.25, 0.3) is 0 Å². The summed E-state index contributed by atoms with van der Waals surface area (Å²) in [4.78, 5) is 6.65. The van der Waals surface area contributed by atoms with Gasteiger partial charge in [0.15, 0.2) is 5.82 Å². The monoisotopic (exact) mass is 210 g/mol. The van der Waals surface area contributed by atoms with Crippen LogP contribution in [0.1, 0.15) is 25.6 Å². The Morgan fingerprint density at radius 2 is 2.47 bits per heavy atom. The van der Waals surface area contributed by atoms with Gasteiger partial charge in [0.05, 0.1) is 6.54 Å². The molecule has 5 heteroatoms. The van der Waals surface area contributed by atoms with E-state index in [1.54, 1.807) is 0 Å². The summed E-state index contributed by atoms with van der Waals surface area (Å²) >= 11 is 0. The predicted molar refractivity (Wildman–Crippen MR) is 56.4 cm³/mol. The van der Waals surface area contributed by atoms with Crippen LogP contribution >= 0.6 is 0 Å². The van der Waals surface area contributed by atoms with Gasteiger partial charge in [-0.2, -0.15) is 4.98 Å². The average molecular weight is 210 g/mol. The second-order valence-electron chi connectivity index (χ2n) is 4.05. The van der Waals surface area contributed by atoms with Gasteiger partial charge >= 0.3 is 0 Å². The first-order chi connectivity index (χ1) is 7.28. The largest absolute Gasteiger partial charge is 0.338 e. The van der Waals surface area contributed by atoms with E-state index in [1.165, 1.54) is 0 Å². The lowest BCUT2D eigenvalue weighted by Gasteiger charge is -2.30. The van der Waals surface area contributed by atoms with E-state index >= 15 is 0 Å². The molecule has 0 bridgehead atoms. The standard InChI is InChI=1S/C10H18N4O/c1-3-9-12-10(15-13-9)7-14-5-4-11-8(2)6-14/h8,11H,3-7H2,1-2H3. The predicted octanol–water partition coefficient (Wildman–Crippen LogP) is 0.426. The maximum atomic E-state index is 5.17. The fourth-order valence-corrected chi connectivity index (χ4v) is 1.85. The van der Waals surface area contributed by atoms with Gasteiger partial charge in [0, 0.05) is 32.1 Å². The molecule has 0 saturated carbocycles. The topological polar surface area (TPSA) is 54.2 Å². The van der Waals surface area contributed by atoms with Crippen LogP contribution in [-0.2, 0) is 13.0 Å². The molecule has 0 amide bonds.